The summed E-state index contributed by atoms with van der Waals surface area (Å²) >= 11 is 0. The van der Waals surface area contributed by atoms with Crippen molar-refractivity contribution >= 4 is 42.6 Å². The fraction of sp³-hybridized carbons (Fsp3) is 0.276. The topological polar surface area (TPSA) is 115 Å². The summed E-state index contributed by atoms with van der Waals surface area (Å²) in [6, 6.07) is 21.6. The fourth-order valence-electron chi connectivity index (χ4n) is 4.72. The summed E-state index contributed by atoms with van der Waals surface area (Å²) in [5, 5.41) is 12.6. The number of sulfone groups is 1. The Bertz CT molecular complexity index is 1610. The molecule has 0 spiro atoms. The Hall–Kier alpha value is -3.85. The maximum absolute atomic E-state index is 12.6. The summed E-state index contributed by atoms with van der Waals surface area (Å²) in [4.78, 5) is 23.6. The number of anilines is 1. The SMILES string of the molecule is CCS(=O)(=O)c1ccc(S2(Oc3ccc(C#N)cc3)C(NC(C)=O)=Nc3ccc(N4CCN(C)CC4)cc32)cc1. The number of hydrogen-bond acceptors (Lipinski definition) is 8. The normalized spacial score (nSPS) is 20.6. The van der Waals surface area contributed by atoms with E-state index in [1.54, 1.807) is 55.5 Å². The molecule has 1 N–H and O–H groups in total. The molecule has 1 fully saturated rings. The predicted octanol–water partition coefficient (Wildman–Crippen LogP) is 4.46. The van der Waals surface area contributed by atoms with E-state index >= 15 is 0 Å². The zero-order valence-electron chi connectivity index (χ0n) is 22.6. The molecule has 0 radical (unpaired) electrons. The zero-order valence-corrected chi connectivity index (χ0v) is 24.3. The van der Waals surface area contributed by atoms with E-state index in [4.69, 9.17) is 9.18 Å². The number of fused-ring (bicyclic) bond motifs is 1. The Labute approximate surface area is 236 Å². The third kappa shape index (κ3) is 5.18. The summed E-state index contributed by atoms with van der Waals surface area (Å²) in [5.41, 5.74) is 2.19. The summed E-state index contributed by atoms with van der Waals surface area (Å²) in [5.74, 6) is 0.188. The summed E-state index contributed by atoms with van der Waals surface area (Å²) in [6.07, 6.45) is 0. The van der Waals surface area contributed by atoms with Crippen molar-refractivity contribution in [1.82, 2.24) is 10.2 Å². The van der Waals surface area contributed by atoms with Crippen LogP contribution in [0.2, 0.25) is 0 Å². The second kappa shape index (κ2) is 11.0. The molecule has 1 atom stereocenters. The molecule has 3 aromatic rings. The number of piperazine rings is 1. The van der Waals surface area contributed by atoms with Crippen molar-refractivity contribution in [2.24, 2.45) is 4.99 Å². The third-order valence-electron chi connectivity index (χ3n) is 7.00. The molecule has 1 saturated heterocycles. The molecule has 40 heavy (non-hydrogen) atoms. The number of carbonyl (C=O) groups excluding carboxylic acids is 1. The van der Waals surface area contributed by atoms with Gasteiger partial charge in [0.25, 0.3) is 0 Å². The second-order valence-electron chi connectivity index (χ2n) is 9.69. The second-order valence-corrected chi connectivity index (χ2v) is 14.5. The van der Waals surface area contributed by atoms with Gasteiger partial charge in [0.05, 0.1) is 32.9 Å². The molecule has 2 aliphatic rings. The van der Waals surface area contributed by atoms with Gasteiger partial charge in [0.1, 0.15) is 5.75 Å². The molecule has 5 rings (SSSR count). The maximum atomic E-state index is 12.6. The maximum Gasteiger partial charge on any atom is 0.222 e. The number of nitriles is 1. The van der Waals surface area contributed by atoms with Crippen LogP contribution < -0.4 is 14.4 Å². The highest BCUT2D eigenvalue weighted by molar-refractivity contribution is 8.42. The molecule has 1 unspecified atom stereocenters. The minimum absolute atomic E-state index is 0.0120. The average Bonchev–Trinajstić information content (AvgIpc) is 3.26. The van der Waals surface area contributed by atoms with Crippen LogP contribution in [-0.4, -0.2) is 63.4 Å². The first-order chi connectivity index (χ1) is 19.2. The number of aliphatic imine (C=N–C) groups is 1. The number of amidine groups is 1. The number of hydrogen-bond donors (Lipinski definition) is 1. The summed E-state index contributed by atoms with van der Waals surface area (Å²) < 4.78 is 32.0. The average molecular weight is 578 g/mol. The van der Waals surface area contributed by atoms with Gasteiger partial charge in [-0.2, -0.15) is 5.26 Å². The van der Waals surface area contributed by atoms with E-state index < -0.39 is 20.1 Å². The number of benzene rings is 3. The highest BCUT2D eigenvalue weighted by atomic mass is 32.3. The van der Waals surface area contributed by atoms with Crippen molar-refractivity contribution in [3.63, 3.8) is 0 Å². The van der Waals surface area contributed by atoms with Crippen LogP contribution in [0.4, 0.5) is 11.4 Å². The monoisotopic (exact) mass is 577 g/mol. The molecule has 11 heteroatoms. The molecule has 0 bridgehead atoms. The molecule has 9 nitrogen and oxygen atoms in total. The lowest BCUT2D eigenvalue weighted by atomic mass is 10.2. The van der Waals surface area contributed by atoms with Gasteiger partial charge in [0.2, 0.25) is 5.91 Å². The lowest BCUT2D eigenvalue weighted by molar-refractivity contribution is -0.117. The lowest BCUT2D eigenvalue weighted by Gasteiger charge is -2.39. The molecule has 1 amide bonds. The van der Waals surface area contributed by atoms with E-state index in [0.29, 0.717) is 27.1 Å². The van der Waals surface area contributed by atoms with Crippen LogP contribution in [-0.2, 0) is 14.6 Å². The van der Waals surface area contributed by atoms with Gasteiger partial charge in [-0.3, -0.25) is 4.79 Å². The molecular weight excluding hydrogens is 546 g/mol. The van der Waals surface area contributed by atoms with Crippen molar-refractivity contribution in [1.29, 1.82) is 5.26 Å². The summed E-state index contributed by atoms with van der Waals surface area (Å²) in [7, 11) is -3.95. The Balaban J connectivity index is 1.70. The first-order valence-electron chi connectivity index (χ1n) is 13.0. The highest BCUT2D eigenvalue weighted by Crippen LogP contribution is 2.69. The molecule has 2 aliphatic heterocycles. The highest BCUT2D eigenvalue weighted by Gasteiger charge is 2.45. The standard InChI is InChI=1S/C29H31N5O4S2/c1-4-39(36,37)25-10-12-26(13-11-25)40(38-24-8-5-22(20-30)6-9-24)28-19-23(34-17-15-33(3)16-18-34)7-14-27(28)32-29(40)31-21(2)35/h5-14,19H,4,15-18H2,1-3H3,(H,31,32,35). The number of rotatable bonds is 6. The van der Waals surface area contributed by atoms with Crippen molar-refractivity contribution in [3.8, 4) is 11.8 Å². The van der Waals surface area contributed by atoms with E-state index in [1.165, 1.54) is 6.92 Å². The largest absolute Gasteiger partial charge is 0.433 e. The van der Waals surface area contributed by atoms with Gasteiger partial charge in [-0.25, -0.2) is 13.4 Å². The van der Waals surface area contributed by atoms with E-state index in [-0.39, 0.29) is 16.6 Å². The van der Waals surface area contributed by atoms with Crippen molar-refractivity contribution in [3.05, 3.63) is 72.3 Å². The molecular formula is C29H31N5O4S2. The molecule has 3 aromatic carbocycles. The Morgan fingerprint density at radius 1 is 1.05 bits per heavy atom. The number of nitrogens with one attached hydrogen (secondary N) is 1. The van der Waals surface area contributed by atoms with Crippen LogP contribution >= 0.6 is 10.3 Å². The molecule has 0 saturated carbocycles. The van der Waals surface area contributed by atoms with E-state index in [2.05, 4.69) is 34.3 Å². The minimum atomic E-state index is -3.42. The van der Waals surface area contributed by atoms with Crippen molar-refractivity contribution in [2.75, 3.05) is 43.9 Å². The van der Waals surface area contributed by atoms with Gasteiger partial charge in [-0.05, 0) is 73.8 Å². The van der Waals surface area contributed by atoms with Gasteiger partial charge < -0.3 is 19.3 Å². The van der Waals surface area contributed by atoms with Crippen LogP contribution in [0.1, 0.15) is 19.4 Å². The third-order valence-corrected chi connectivity index (χ3v) is 11.8. The smallest absolute Gasteiger partial charge is 0.222 e. The van der Waals surface area contributed by atoms with Crippen LogP contribution in [0, 0.1) is 11.3 Å². The summed E-state index contributed by atoms with van der Waals surface area (Å²) in [6.45, 7) is 6.66. The molecule has 0 aliphatic carbocycles. The van der Waals surface area contributed by atoms with Crippen LogP contribution in [0.3, 0.4) is 0 Å². The molecule has 208 valence electrons. The zero-order chi connectivity index (χ0) is 28.5. The van der Waals surface area contributed by atoms with Gasteiger partial charge >= 0.3 is 0 Å². The molecule has 2 heterocycles. The van der Waals surface area contributed by atoms with E-state index in [0.717, 1.165) is 36.8 Å². The van der Waals surface area contributed by atoms with E-state index in [1.807, 2.05) is 12.1 Å². The van der Waals surface area contributed by atoms with Gasteiger partial charge in [-0.15, -0.1) is 0 Å². The molecule has 0 aromatic heterocycles. The Morgan fingerprint density at radius 3 is 2.33 bits per heavy atom. The minimum Gasteiger partial charge on any atom is -0.433 e. The Morgan fingerprint density at radius 2 is 1.73 bits per heavy atom. The predicted molar refractivity (Wildman–Crippen MR) is 157 cm³/mol. The van der Waals surface area contributed by atoms with Gasteiger partial charge in [0, 0.05) is 54.0 Å². The van der Waals surface area contributed by atoms with Gasteiger partial charge in [-0.1, -0.05) is 6.92 Å². The number of nitrogens with zero attached hydrogens (tertiary/aromatic N) is 4. The van der Waals surface area contributed by atoms with Crippen molar-refractivity contribution < 1.29 is 17.4 Å². The van der Waals surface area contributed by atoms with Crippen molar-refractivity contribution in [2.45, 2.75) is 28.5 Å². The Kier molecular flexibility index (Phi) is 7.59. The first kappa shape index (κ1) is 27.7. The number of amides is 1. The van der Waals surface area contributed by atoms with E-state index in [9.17, 15) is 18.5 Å². The fourth-order valence-corrected chi connectivity index (χ4v) is 8.68. The number of likely N-dealkylation sites (N-methyl/N-ethyl adjacent to an activating group) is 1. The lowest BCUT2D eigenvalue weighted by Crippen LogP contribution is -2.44. The van der Waals surface area contributed by atoms with Gasteiger partial charge in [0.15, 0.2) is 15.0 Å². The van der Waals surface area contributed by atoms with Crippen LogP contribution in [0.5, 0.6) is 5.75 Å². The first-order valence-corrected chi connectivity index (χ1v) is 16.2. The quantitative estimate of drug-likeness (QED) is 0.460. The van der Waals surface area contributed by atoms with Crippen LogP contribution in [0.15, 0.2) is 86.4 Å². The number of carbonyl (C=O) groups is 1. The van der Waals surface area contributed by atoms with Crippen LogP contribution in [0.25, 0.3) is 0 Å².